The third-order valence-electron chi connectivity index (χ3n) is 7.44. The van der Waals surface area contributed by atoms with Gasteiger partial charge < -0.3 is 14.8 Å². The van der Waals surface area contributed by atoms with Crippen molar-refractivity contribution >= 4 is 23.4 Å². The van der Waals surface area contributed by atoms with E-state index >= 15 is 0 Å². The number of methoxy groups -OCH3 is 2. The molecule has 0 bridgehead atoms. The predicted molar refractivity (Wildman–Crippen MR) is 125 cm³/mol. The van der Waals surface area contributed by atoms with E-state index in [4.69, 9.17) is 9.47 Å². The van der Waals surface area contributed by atoms with Gasteiger partial charge >= 0.3 is 0 Å². The van der Waals surface area contributed by atoms with Gasteiger partial charge in [-0.25, -0.2) is 0 Å². The summed E-state index contributed by atoms with van der Waals surface area (Å²) in [6.45, 7) is 4.26. The summed E-state index contributed by atoms with van der Waals surface area (Å²) in [5.41, 5.74) is 1.11. The molecule has 8 heteroatoms. The minimum absolute atomic E-state index is 0.0648. The SMILES string of the molecule is COc1ccc(CCN2C(=O)[C@@H]3[C@@H](C(C)C)N[C@@]4(C(=O)Nc5ccccc54)[C@@H]3C2=O)cc1OC. The van der Waals surface area contributed by atoms with Crippen LogP contribution < -0.4 is 20.1 Å². The van der Waals surface area contributed by atoms with Crippen molar-refractivity contribution in [3.05, 3.63) is 53.6 Å². The van der Waals surface area contributed by atoms with Crippen LogP contribution in [0.15, 0.2) is 42.5 Å². The molecule has 178 valence electrons. The van der Waals surface area contributed by atoms with Crippen molar-refractivity contribution in [2.45, 2.75) is 31.8 Å². The maximum absolute atomic E-state index is 13.8. The fraction of sp³-hybridized carbons (Fsp3) is 0.423. The van der Waals surface area contributed by atoms with Crippen molar-refractivity contribution in [2.24, 2.45) is 17.8 Å². The van der Waals surface area contributed by atoms with Crippen LogP contribution >= 0.6 is 0 Å². The van der Waals surface area contributed by atoms with Crippen molar-refractivity contribution in [1.29, 1.82) is 0 Å². The van der Waals surface area contributed by atoms with Gasteiger partial charge in [0.2, 0.25) is 17.7 Å². The molecule has 2 N–H and O–H groups in total. The van der Waals surface area contributed by atoms with E-state index in [2.05, 4.69) is 10.6 Å². The number of hydrogen-bond acceptors (Lipinski definition) is 6. The Kier molecular flexibility index (Phi) is 5.36. The molecule has 0 radical (unpaired) electrons. The van der Waals surface area contributed by atoms with Gasteiger partial charge in [0, 0.05) is 23.8 Å². The highest BCUT2D eigenvalue weighted by Gasteiger charge is 2.70. The van der Waals surface area contributed by atoms with Crippen LogP contribution in [0.2, 0.25) is 0 Å². The van der Waals surface area contributed by atoms with Gasteiger partial charge in [0.15, 0.2) is 11.5 Å². The van der Waals surface area contributed by atoms with Gasteiger partial charge in [-0.2, -0.15) is 0 Å². The quantitative estimate of drug-likeness (QED) is 0.639. The average Bonchev–Trinajstić information content (AvgIpc) is 3.42. The van der Waals surface area contributed by atoms with Gasteiger partial charge in [-0.05, 0) is 36.1 Å². The topological polar surface area (TPSA) is 97.0 Å². The number of carbonyl (C=O) groups is 3. The third kappa shape index (κ3) is 3.05. The molecule has 2 fully saturated rings. The summed E-state index contributed by atoms with van der Waals surface area (Å²) in [6.07, 6.45) is 0.479. The molecule has 2 saturated heterocycles. The average molecular weight is 464 g/mol. The number of fused-ring (bicyclic) bond motifs is 4. The number of imide groups is 1. The summed E-state index contributed by atoms with van der Waals surface area (Å²) in [7, 11) is 3.14. The van der Waals surface area contributed by atoms with Crippen LogP contribution in [0, 0.1) is 17.8 Å². The normalized spacial score (nSPS) is 27.4. The van der Waals surface area contributed by atoms with Gasteiger partial charge in [-0.15, -0.1) is 0 Å². The fourth-order valence-corrected chi connectivity index (χ4v) is 5.82. The van der Waals surface area contributed by atoms with Crippen molar-refractivity contribution in [2.75, 3.05) is 26.1 Å². The van der Waals surface area contributed by atoms with E-state index < -0.39 is 17.4 Å². The number of hydrogen-bond donors (Lipinski definition) is 2. The molecule has 1 spiro atoms. The number of benzene rings is 2. The van der Waals surface area contributed by atoms with Crippen molar-refractivity contribution in [3.8, 4) is 11.5 Å². The Morgan fingerprint density at radius 2 is 1.74 bits per heavy atom. The van der Waals surface area contributed by atoms with E-state index in [0.29, 0.717) is 23.6 Å². The summed E-state index contributed by atoms with van der Waals surface area (Å²) in [4.78, 5) is 42.1. The van der Waals surface area contributed by atoms with Crippen LogP contribution in [0.4, 0.5) is 5.69 Å². The maximum Gasteiger partial charge on any atom is 0.250 e. The largest absolute Gasteiger partial charge is 0.493 e. The maximum atomic E-state index is 13.8. The lowest BCUT2D eigenvalue weighted by Crippen LogP contribution is -2.54. The van der Waals surface area contributed by atoms with Crippen LogP contribution in [-0.4, -0.2) is 49.4 Å². The number of likely N-dealkylation sites (tertiary alicyclic amines) is 1. The second-order valence-corrected chi connectivity index (χ2v) is 9.49. The number of amides is 3. The molecule has 3 amide bonds. The van der Waals surface area contributed by atoms with Gasteiger partial charge in [0.25, 0.3) is 0 Å². The second-order valence-electron chi connectivity index (χ2n) is 9.49. The van der Waals surface area contributed by atoms with Crippen LogP contribution in [-0.2, 0) is 26.3 Å². The molecular formula is C26H29N3O5. The standard InChI is InChI=1S/C26H29N3O5/c1-14(2)22-20-21(26(28-22)16-7-5-6-8-17(16)27-25(26)32)24(31)29(23(20)30)12-11-15-9-10-18(33-3)19(13-15)34-4/h5-10,13-14,20-22,28H,11-12H2,1-4H3,(H,27,32)/t20-,21-,22+,26+/m0/s1. The van der Waals surface area contributed by atoms with Crippen LogP contribution in [0.5, 0.6) is 11.5 Å². The predicted octanol–water partition coefficient (Wildman–Crippen LogP) is 2.32. The van der Waals surface area contributed by atoms with Crippen molar-refractivity contribution < 1.29 is 23.9 Å². The smallest absolute Gasteiger partial charge is 0.250 e. The Balaban J connectivity index is 1.47. The zero-order chi connectivity index (χ0) is 24.2. The van der Waals surface area contributed by atoms with Crippen molar-refractivity contribution in [1.82, 2.24) is 10.2 Å². The zero-order valence-electron chi connectivity index (χ0n) is 19.8. The molecule has 0 unspecified atom stereocenters. The number of anilines is 1. The molecule has 2 aromatic carbocycles. The lowest BCUT2D eigenvalue weighted by atomic mass is 9.76. The minimum atomic E-state index is -1.24. The van der Waals surface area contributed by atoms with E-state index in [-0.39, 0.29) is 36.2 Å². The van der Waals surface area contributed by atoms with Gasteiger partial charge in [0.1, 0.15) is 5.54 Å². The monoisotopic (exact) mass is 463 g/mol. The molecule has 3 heterocycles. The number of nitrogens with one attached hydrogen (secondary N) is 2. The molecular weight excluding hydrogens is 434 g/mol. The molecule has 0 aliphatic carbocycles. The highest BCUT2D eigenvalue weighted by Crippen LogP contribution is 2.53. The van der Waals surface area contributed by atoms with E-state index in [1.807, 2.05) is 56.3 Å². The molecule has 4 atom stereocenters. The highest BCUT2D eigenvalue weighted by molar-refractivity contribution is 6.15. The van der Waals surface area contributed by atoms with Gasteiger partial charge in [0.05, 0.1) is 26.1 Å². The lowest BCUT2D eigenvalue weighted by molar-refractivity contribution is -0.142. The third-order valence-corrected chi connectivity index (χ3v) is 7.44. The Bertz CT molecular complexity index is 1180. The summed E-state index contributed by atoms with van der Waals surface area (Å²) >= 11 is 0. The van der Waals surface area contributed by atoms with Gasteiger partial charge in [-0.1, -0.05) is 38.1 Å². The van der Waals surface area contributed by atoms with Crippen LogP contribution in [0.1, 0.15) is 25.0 Å². The second kappa shape index (κ2) is 8.13. The molecule has 3 aliphatic rings. The van der Waals surface area contributed by atoms with Gasteiger partial charge in [-0.3, -0.25) is 24.6 Å². The van der Waals surface area contributed by atoms with E-state index in [1.54, 1.807) is 14.2 Å². The number of nitrogens with zero attached hydrogens (tertiary/aromatic N) is 1. The molecule has 34 heavy (non-hydrogen) atoms. The first-order valence-electron chi connectivity index (χ1n) is 11.6. The first-order valence-corrected chi connectivity index (χ1v) is 11.6. The molecule has 0 aromatic heterocycles. The lowest BCUT2D eigenvalue weighted by Gasteiger charge is -2.30. The van der Waals surface area contributed by atoms with Crippen molar-refractivity contribution in [3.63, 3.8) is 0 Å². The van der Waals surface area contributed by atoms with Crippen LogP contribution in [0.3, 0.4) is 0 Å². The van der Waals surface area contributed by atoms with E-state index in [1.165, 1.54) is 4.90 Å². The summed E-state index contributed by atoms with van der Waals surface area (Å²) in [6, 6.07) is 12.7. The number of para-hydroxylation sites is 1. The Morgan fingerprint density at radius 3 is 2.44 bits per heavy atom. The highest BCUT2D eigenvalue weighted by atomic mass is 16.5. The Labute approximate surface area is 198 Å². The van der Waals surface area contributed by atoms with Crippen LogP contribution in [0.25, 0.3) is 0 Å². The first kappa shape index (κ1) is 22.4. The fourth-order valence-electron chi connectivity index (χ4n) is 5.82. The Hall–Kier alpha value is -3.39. The minimum Gasteiger partial charge on any atom is -0.493 e. The molecule has 8 nitrogen and oxygen atoms in total. The number of carbonyl (C=O) groups excluding carboxylic acids is 3. The number of rotatable bonds is 6. The van der Waals surface area contributed by atoms with E-state index in [9.17, 15) is 14.4 Å². The molecule has 2 aromatic rings. The molecule has 3 aliphatic heterocycles. The zero-order valence-corrected chi connectivity index (χ0v) is 19.8. The molecule has 5 rings (SSSR count). The van der Waals surface area contributed by atoms with E-state index in [0.717, 1.165) is 11.1 Å². The summed E-state index contributed by atoms with van der Waals surface area (Å²) in [5.74, 6) is -0.860. The summed E-state index contributed by atoms with van der Waals surface area (Å²) in [5, 5.41) is 6.37. The number of ether oxygens (including phenoxy) is 2. The Morgan fingerprint density at radius 1 is 1.00 bits per heavy atom. The molecule has 0 saturated carbocycles. The first-order chi connectivity index (χ1) is 16.3. The summed E-state index contributed by atoms with van der Waals surface area (Å²) < 4.78 is 10.7.